The van der Waals surface area contributed by atoms with Gasteiger partial charge in [-0.2, -0.15) is 4.98 Å². The lowest BCUT2D eigenvalue weighted by Crippen LogP contribution is -2.49. The molecule has 0 saturated heterocycles. The molecule has 9 nitrogen and oxygen atoms in total. The number of methoxy groups -OCH3 is 1. The van der Waals surface area contributed by atoms with E-state index in [4.69, 9.17) is 4.74 Å². The number of ether oxygens (including phenoxy) is 1. The molecular weight excluding hydrogens is 460 g/mol. The second kappa shape index (κ2) is 9.12. The number of rotatable bonds is 6. The van der Waals surface area contributed by atoms with Gasteiger partial charge in [0.25, 0.3) is 5.91 Å². The molecule has 2 N–H and O–H groups in total. The Morgan fingerprint density at radius 3 is 2.69 bits per heavy atom. The Labute approximate surface area is 201 Å². The summed E-state index contributed by atoms with van der Waals surface area (Å²) in [5.74, 6) is -2.58. The van der Waals surface area contributed by atoms with Crippen molar-refractivity contribution in [3.05, 3.63) is 41.9 Å². The van der Waals surface area contributed by atoms with Crippen molar-refractivity contribution in [2.75, 3.05) is 35.8 Å². The maximum Gasteiger partial charge on any atom is 0.338 e. The summed E-state index contributed by atoms with van der Waals surface area (Å²) in [5, 5.41) is 12.2. The number of aromatic nitrogens is 2. The van der Waals surface area contributed by atoms with E-state index in [2.05, 4.69) is 21.9 Å². The molecule has 1 aliphatic carbocycles. The summed E-state index contributed by atoms with van der Waals surface area (Å²) in [6, 6.07) is 1.06. The Morgan fingerprint density at radius 2 is 2.09 bits per heavy atom. The van der Waals surface area contributed by atoms with Crippen LogP contribution in [-0.2, 0) is 4.79 Å². The first kappa shape index (κ1) is 24.4. The maximum absolute atomic E-state index is 15.7. The number of carbonyl (C=O) groups excluding carboxylic acids is 1. The van der Waals surface area contributed by atoms with Crippen LogP contribution in [0.25, 0.3) is 0 Å². The second-order valence-electron chi connectivity index (χ2n) is 8.77. The summed E-state index contributed by atoms with van der Waals surface area (Å²) >= 11 is 0. The second-order valence-corrected chi connectivity index (χ2v) is 8.77. The smallest absolute Gasteiger partial charge is 0.338 e. The minimum Gasteiger partial charge on any atom is -0.495 e. The van der Waals surface area contributed by atoms with Crippen molar-refractivity contribution >= 4 is 35.0 Å². The van der Waals surface area contributed by atoms with Crippen LogP contribution in [0.5, 0.6) is 5.75 Å². The number of benzene rings is 1. The highest BCUT2D eigenvalue weighted by Crippen LogP contribution is 2.40. The fourth-order valence-electron chi connectivity index (χ4n) is 4.67. The predicted octanol–water partition coefficient (Wildman–Crippen LogP) is 3.99. The normalized spacial score (nSPS) is 20.4. The molecule has 0 unspecified atom stereocenters. The lowest BCUT2D eigenvalue weighted by atomic mass is 10.0. The molecule has 0 bridgehead atoms. The van der Waals surface area contributed by atoms with Crippen LogP contribution in [0.15, 0.2) is 24.9 Å². The molecule has 1 atom stereocenters. The van der Waals surface area contributed by atoms with Crippen molar-refractivity contribution in [2.24, 2.45) is 0 Å². The fourth-order valence-corrected chi connectivity index (χ4v) is 4.67. The van der Waals surface area contributed by atoms with Crippen LogP contribution in [0.3, 0.4) is 0 Å². The van der Waals surface area contributed by atoms with E-state index in [1.165, 1.54) is 32.2 Å². The molecule has 1 fully saturated rings. The number of carbonyl (C=O) groups is 2. The molecule has 1 amide bonds. The van der Waals surface area contributed by atoms with Crippen LogP contribution in [-0.4, -0.2) is 59.4 Å². The molecule has 4 rings (SSSR count). The van der Waals surface area contributed by atoms with E-state index in [9.17, 15) is 19.1 Å². The van der Waals surface area contributed by atoms with Crippen LogP contribution < -0.4 is 19.9 Å². The average Bonchev–Trinajstić information content (AvgIpc) is 3.36. The third-order valence-electron chi connectivity index (χ3n) is 6.68. The average molecular weight is 488 g/mol. The van der Waals surface area contributed by atoms with Crippen molar-refractivity contribution in [3.63, 3.8) is 0 Å². The highest BCUT2D eigenvalue weighted by molar-refractivity contribution is 6.04. The molecule has 2 heterocycles. The molecule has 0 radical (unpaired) electrons. The summed E-state index contributed by atoms with van der Waals surface area (Å²) in [6.45, 7) is 4.72. The highest BCUT2D eigenvalue weighted by atomic mass is 19.1. The summed E-state index contributed by atoms with van der Waals surface area (Å²) in [7, 11) is 2.79. The van der Waals surface area contributed by atoms with E-state index in [0.29, 0.717) is 11.5 Å². The zero-order chi connectivity index (χ0) is 25.5. The molecule has 2 aliphatic rings. The topological polar surface area (TPSA) is 108 Å². The largest absolute Gasteiger partial charge is 0.495 e. The van der Waals surface area contributed by atoms with Crippen LogP contribution in [0, 0.1) is 12.7 Å². The van der Waals surface area contributed by atoms with Crippen molar-refractivity contribution < 1.29 is 28.2 Å². The lowest BCUT2D eigenvalue weighted by Gasteiger charge is -2.32. The van der Waals surface area contributed by atoms with Gasteiger partial charge in [-0.05, 0) is 31.9 Å². The number of alkyl halides is 1. The van der Waals surface area contributed by atoms with Crippen molar-refractivity contribution in [1.29, 1.82) is 0 Å². The zero-order valence-electron chi connectivity index (χ0n) is 19.8. The van der Waals surface area contributed by atoms with Gasteiger partial charge in [-0.1, -0.05) is 19.4 Å². The highest BCUT2D eigenvalue weighted by Gasteiger charge is 2.46. The first-order chi connectivity index (χ1) is 16.6. The van der Waals surface area contributed by atoms with Gasteiger partial charge in [0.1, 0.15) is 17.3 Å². The zero-order valence-corrected chi connectivity index (χ0v) is 19.8. The van der Waals surface area contributed by atoms with E-state index in [1.54, 1.807) is 4.90 Å². The third-order valence-corrected chi connectivity index (χ3v) is 6.68. The predicted molar refractivity (Wildman–Crippen MR) is 127 cm³/mol. The Bertz CT molecular complexity index is 1200. The molecule has 1 aromatic heterocycles. The summed E-state index contributed by atoms with van der Waals surface area (Å²) in [6.07, 6.45) is 6.04. The molecule has 186 valence electrons. The minimum atomic E-state index is -2.30. The van der Waals surface area contributed by atoms with Gasteiger partial charge in [-0.3, -0.25) is 4.79 Å². The van der Waals surface area contributed by atoms with Crippen molar-refractivity contribution in [1.82, 2.24) is 9.97 Å². The first-order valence-corrected chi connectivity index (χ1v) is 11.2. The molecular formula is C24H27F2N5O4. The third kappa shape index (κ3) is 4.15. The summed E-state index contributed by atoms with van der Waals surface area (Å²) in [5.41, 5.74) is -2.32. The van der Waals surface area contributed by atoms with E-state index < -0.39 is 28.9 Å². The van der Waals surface area contributed by atoms with E-state index in [1.807, 2.05) is 0 Å². The van der Waals surface area contributed by atoms with Gasteiger partial charge < -0.3 is 25.0 Å². The van der Waals surface area contributed by atoms with Gasteiger partial charge in [0, 0.05) is 18.7 Å². The molecule has 11 heteroatoms. The number of hydrogen-bond acceptors (Lipinski definition) is 7. The number of nitrogens with one attached hydrogen (secondary N) is 1. The van der Waals surface area contributed by atoms with Gasteiger partial charge in [0.05, 0.1) is 31.1 Å². The van der Waals surface area contributed by atoms with Gasteiger partial charge in [-0.25, -0.2) is 18.6 Å². The van der Waals surface area contributed by atoms with Gasteiger partial charge in [0.15, 0.2) is 5.82 Å². The van der Waals surface area contributed by atoms with Gasteiger partial charge in [0.2, 0.25) is 11.6 Å². The Kier molecular flexibility index (Phi) is 6.35. The maximum atomic E-state index is 15.7. The molecule has 2 aromatic rings. The number of carboxylic acids is 1. The van der Waals surface area contributed by atoms with Gasteiger partial charge in [-0.15, -0.1) is 0 Å². The number of aromatic carboxylic acids is 1. The molecule has 1 aromatic carbocycles. The van der Waals surface area contributed by atoms with Crippen LogP contribution in [0.2, 0.25) is 0 Å². The Hall–Kier alpha value is -3.76. The number of nitrogens with zero attached hydrogens (tertiary/aromatic N) is 4. The number of halogens is 2. The Balaban J connectivity index is 1.81. The first-order valence-electron chi connectivity index (χ1n) is 11.2. The van der Waals surface area contributed by atoms with Gasteiger partial charge >= 0.3 is 5.97 Å². The van der Waals surface area contributed by atoms with E-state index in [0.717, 1.165) is 37.8 Å². The monoisotopic (exact) mass is 487 g/mol. The molecule has 1 saturated carbocycles. The summed E-state index contributed by atoms with van der Waals surface area (Å²) in [4.78, 5) is 36.1. The van der Waals surface area contributed by atoms with E-state index >= 15 is 4.39 Å². The number of amides is 1. The van der Waals surface area contributed by atoms with Crippen LogP contribution >= 0.6 is 0 Å². The Morgan fingerprint density at radius 1 is 1.40 bits per heavy atom. The number of carboxylic acid groups (broad SMARTS) is 1. The SMILES string of the molecule is C=C[C@@]1(F)CN(C2CCCC2)c2nc(Nc3c(OC)cc(C(=O)O)c(F)c3C)ncc2N(C)C1=O. The quantitative estimate of drug-likeness (QED) is 0.589. The van der Waals surface area contributed by atoms with Crippen LogP contribution in [0.4, 0.5) is 31.9 Å². The lowest BCUT2D eigenvalue weighted by molar-refractivity contribution is -0.126. The molecule has 1 aliphatic heterocycles. The van der Waals surface area contributed by atoms with Crippen molar-refractivity contribution in [2.45, 2.75) is 44.3 Å². The van der Waals surface area contributed by atoms with Crippen LogP contribution in [0.1, 0.15) is 41.6 Å². The number of hydrogen-bond donors (Lipinski definition) is 2. The minimum absolute atomic E-state index is 0.00895. The fraction of sp³-hybridized carbons (Fsp3) is 0.417. The number of fused-ring (bicyclic) bond motifs is 1. The number of anilines is 4. The van der Waals surface area contributed by atoms with Crippen molar-refractivity contribution in [3.8, 4) is 5.75 Å². The standard InChI is InChI=1S/C24H27F2N5O4/c1-5-24(26)12-31(14-8-6-7-9-14)20-16(30(3)22(24)34)11-27-23(29-20)28-19-13(2)18(25)15(21(32)33)10-17(19)35-4/h5,10-11,14H,1,6-9,12H2,2-4H3,(H,32,33)(H,27,28,29)/t24-/m1/s1. The summed E-state index contributed by atoms with van der Waals surface area (Å²) < 4.78 is 35.7. The molecule has 35 heavy (non-hydrogen) atoms. The van der Waals surface area contributed by atoms with E-state index in [-0.39, 0.29) is 35.5 Å². The molecule has 0 spiro atoms.